The smallest absolute Gasteiger partial charge is 0.0934 e. The highest BCUT2D eigenvalue weighted by molar-refractivity contribution is 5.25. The molecule has 1 N–H and O–H groups in total. The number of furan rings is 1. The molecule has 1 heterocycles. The zero-order chi connectivity index (χ0) is 19.5. The van der Waals surface area contributed by atoms with Crippen molar-refractivity contribution in [3.63, 3.8) is 0 Å². The highest BCUT2D eigenvalue weighted by Crippen LogP contribution is 2.58. The normalized spacial score (nSPS) is 31.2. The van der Waals surface area contributed by atoms with Gasteiger partial charge in [-0.1, -0.05) is 39.3 Å². The molecule has 2 aliphatic rings. The van der Waals surface area contributed by atoms with Gasteiger partial charge < -0.3 is 9.52 Å². The number of hydrogen-bond acceptors (Lipinski definition) is 2. The molecule has 2 nitrogen and oxygen atoms in total. The van der Waals surface area contributed by atoms with Crippen molar-refractivity contribution in [3.8, 4) is 0 Å². The molecule has 4 unspecified atom stereocenters. The Bertz CT molecular complexity index is 612. The fourth-order valence-electron chi connectivity index (χ4n) is 5.79. The molecule has 0 aliphatic heterocycles. The Balaban J connectivity index is 1.60. The monoisotopic (exact) mass is 372 g/mol. The van der Waals surface area contributed by atoms with Crippen LogP contribution in [0.1, 0.15) is 84.6 Å². The van der Waals surface area contributed by atoms with Gasteiger partial charge in [-0.05, 0) is 98.0 Å². The van der Waals surface area contributed by atoms with Crippen molar-refractivity contribution in [2.75, 3.05) is 6.61 Å². The highest BCUT2D eigenvalue weighted by Gasteiger charge is 2.47. The lowest BCUT2D eigenvalue weighted by molar-refractivity contribution is 0.0721. The van der Waals surface area contributed by atoms with E-state index < -0.39 is 0 Å². The van der Waals surface area contributed by atoms with Crippen molar-refractivity contribution >= 4 is 0 Å². The van der Waals surface area contributed by atoms with Crippen LogP contribution in [-0.2, 0) is 6.42 Å². The van der Waals surface area contributed by atoms with Gasteiger partial charge in [-0.25, -0.2) is 0 Å². The van der Waals surface area contributed by atoms with Gasteiger partial charge in [0.2, 0.25) is 0 Å². The minimum atomic E-state index is 0.318. The number of rotatable bonds is 8. The molecule has 0 aromatic carbocycles. The van der Waals surface area contributed by atoms with E-state index in [9.17, 15) is 5.11 Å². The summed E-state index contributed by atoms with van der Waals surface area (Å²) in [5.41, 5.74) is 3.80. The Kier molecular flexibility index (Phi) is 6.56. The molecule has 0 bridgehead atoms. The fourth-order valence-corrected chi connectivity index (χ4v) is 5.79. The fraction of sp³-hybridized carbons (Fsp3) is 0.760. The largest absolute Gasteiger partial charge is 0.472 e. The van der Waals surface area contributed by atoms with E-state index in [2.05, 4.69) is 39.8 Å². The average Bonchev–Trinajstić information content (AvgIpc) is 3.14. The second-order valence-corrected chi connectivity index (χ2v) is 10.2. The third-order valence-corrected chi connectivity index (χ3v) is 8.10. The topological polar surface area (TPSA) is 33.4 Å². The van der Waals surface area contributed by atoms with E-state index in [1.807, 2.05) is 6.26 Å². The molecule has 1 fully saturated rings. The molecule has 0 amide bonds. The summed E-state index contributed by atoms with van der Waals surface area (Å²) in [6, 6.07) is 2.05. The predicted molar refractivity (Wildman–Crippen MR) is 113 cm³/mol. The van der Waals surface area contributed by atoms with Gasteiger partial charge in [0.15, 0.2) is 0 Å². The van der Waals surface area contributed by atoms with E-state index in [0.29, 0.717) is 23.4 Å². The summed E-state index contributed by atoms with van der Waals surface area (Å²) in [5.74, 6) is 1.94. The maximum atomic E-state index is 9.94. The number of aryl methyl sites for hydroxylation is 1. The van der Waals surface area contributed by atoms with E-state index in [1.54, 1.807) is 11.8 Å². The molecule has 1 aromatic rings. The summed E-state index contributed by atoms with van der Waals surface area (Å²) in [6.07, 6.45) is 17.2. The Morgan fingerprint density at radius 2 is 2.04 bits per heavy atom. The number of allylic oxidation sites excluding steroid dienone is 2. The lowest BCUT2D eigenvalue weighted by Crippen LogP contribution is -2.43. The summed E-state index contributed by atoms with van der Waals surface area (Å²) in [5, 5.41) is 9.94. The standard InChI is InChI=1S/C25H40O2/c1-19-10-11-22-23(9-6-14-24(22,2)3)25(19,4)15-12-20(17-26)7-5-8-21-13-16-27-18-21/h9,13,16,18-20,22,26H,5-8,10-12,14-15,17H2,1-4H3. The van der Waals surface area contributed by atoms with Gasteiger partial charge >= 0.3 is 0 Å². The summed E-state index contributed by atoms with van der Waals surface area (Å²) in [7, 11) is 0. The molecule has 2 aliphatic carbocycles. The van der Waals surface area contributed by atoms with Crippen molar-refractivity contribution in [2.45, 2.75) is 85.5 Å². The highest BCUT2D eigenvalue weighted by atomic mass is 16.3. The van der Waals surface area contributed by atoms with Crippen LogP contribution < -0.4 is 0 Å². The second kappa shape index (κ2) is 8.55. The Hall–Kier alpha value is -1.02. The average molecular weight is 373 g/mol. The van der Waals surface area contributed by atoms with Crippen molar-refractivity contribution in [3.05, 3.63) is 35.8 Å². The van der Waals surface area contributed by atoms with Gasteiger partial charge in [0.05, 0.1) is 12.5 Å². The van der Waals surface area contributed by atoms with Crippen molar-refractivity contribution in [1.82, 2.24) is 0 Å². The van der Waals surface area contributed by atoms with Crippen LogP contribution in [0.25, 0.3) is 0 Å². The van der Waals surface area contributed by atoms with Gasteiger partial charge in [0, 0.05) is 6.61 Å². The van der Waals surface area contributed by atoms with Gasteiger partial charge in [-0.2, -0.15) is 0 Å². The first-order chi connectivity index (χ1) is 12.9. The van der Waals surface area contributed by atoms with Crippen LogP contribution in [0.3, 0.4) is 0 Å². The predicted octanol–water partition coefficient (Wildman–Crippen LogP) is 6.79. The van der Waals surface area contributed by atoms with Gasteiger partial charge in [-0.15, -0.1) is 0 Å². The third-order valence-electron chi connectivity index (χ3n) is 8.10. The lowest BCUT2D eigenvalue weighted by Gasteiger charge is -2.53. The van der Waals surface area contributed by atoms with Gasteiger partial charge in [-0.3, -0.25) is 0 Å². The van der Waals surface area contributed by atoms with E-state index in [1.165, 1.54) is 37.7 Å². The molecule has 2 heteroatoms. The van der Waals surface area contributed by atoms with Crippen LogP contribution in [0.5, 0.6) is 0 Å². The summed E-state index contributed by atoms with van der Waals surface area (Å²) in [6.45, 7) is 10.3. The van der Waals surface area contributed by atoms with Crippen LogP contribution in [0.15, 0.2) is 34.7 Å². The molecule has 3 rings (SSSR count). The zero-order valence-corrected chi connectivity index (χ0v) is 18.0. The van der Waals surface area contributed by atoms with E-state index >= 15 is 0 Å². The number of aliphatic hydroxyl groups is 1. The Morgan fingerprint density at radius 1 is 1.22 bits per heavy atom. The number of aliphatic hydroxyl groups excluding tert-OH is 1. The molecule has 0 spiro atoms. The number of fused-ring (bicyclic) bond motifs is 1. The maximum absolute atomic E-state index is 9.94. The second-order valence-electron chi connectivity index (χ2n) is 10.2. The van der Waals surface area contributed by atoms with Crippen LogP contribution in [0.4, 0.5) is 0 Å². The first-order valence-electron chi connectivity index (χ1n) is 11.2. The Morgan fingerprint density at radius 3 is 2.74 bits per heavy atom. The molecule has 0 radical (unpaired) electrons. The first-order valence-corrected chi connectivity index (χ1v) is 11.2. The summed E-state index contributed by atoms with van der Waals surface area (Å²) in [4.78, 5) is 0. The third kappa shape index (κ3) is 4.53. The van der Waals surface area contributed by atoms with Crippen LogP contribution in [0.2, 0.25) is 0 Å². The summed E-state index contributed by atoms with van der Waals surface area (Å²) < 4.78 is 5.16. The van der Waals surface area contributed by atoms with Crippen LogP contribution in [-0.4, -0.2) is 11.7 Å². The zero-order valence-electron chi connectivity index (χ0n) is 18.0. The van der Waals surface area contributed by atoms with Crippen LogP contribution in [0, 0.1) is 28.6 Å². The molecular formula is C25H40O2. The lowest BCUT2D eigenvalue weighted by atomic mass is 9.52. The molecule has 0 saturated heterocycles. The van der Waals surface area contributed by atoms with Crippen molar-refractivity contribution < 1.29 is 9.52 Å². The van der Waals surface area contributed by atoms with Gasteiger partial charge in [0.25, 0.3) is 0 Å². The maximum Gasteiger partial charge on any atom is 0.0934 e. The van der Waals surface area contributed by atoms with Crippen molar-refractivity contribution in [1.29, 1.82) is 0 Å². The Labute approximate surface area is 166 Å². The molecule has 1 aromatic heterocycles. The van der Waals surface area contributed by atoms with Crippen molar-refractivity contribution in [2.24, 2.45) is 28.6 Å². The molecular weight excluding hydrogens is 332 g/mol. The quantitative estimate of drug-likeness (QED) is 0.510. The van der Waals surface area contributed by atoms with E-state index in [4.69, 9.17) is 4.42 Å². The summed E-state index contributed by atoms with van der Waals surface area (Å²) >= 11 is 0. The SMILES string of the molecule is CC1CCC2C(=CCCC2(C)C)C1(C)CCC(CO)CCCc1ccoc1. The number of hydrogen-bond donors (Lipinski definition) is 1. The van der Waals surface area contributed by atoms with Gasteiger partial charge in [0.1, 0.15) is 0 Å². The first kappa shape index (κ1) is 20.7. The molecule has 152 valence electrons. The minimum Gasteiger partial charge on any atom is -0.472 e. The minimum absolute atomic E-state index is 0.318. The van der Waals surface area contributed by atoms with E-state index in [0.717, 1.165) is 37.5 Å². The molecule has 1 saturated carbocycles. The molecule has 4 atom stereocenters. The van der Waals surface area contributed by atoms with E-state index in [-0.39, 0.29) is 0 Å². The molecule has 27 heavy (non-hydrogen) atoms. The van der Waals surface area contributed by atoms with Crippen LogP contribution >= 0.6 is 0 Å².